The maximum Gasteiger partial charge on any atom is 0.149 e. The normalized spacial score (nSPS) is 12.7. The molecule has 0 atom stereocenters. The first-order chi connectivity index (χ1) is 33.6. The summed E-state index contributed by atoms with van der Waals surface area (Å²) in [4.78, 5) is 11.5. The number of phenols is 1. The third kappa shape index (κ3) is 6.67. The average molecular weight is 915 g/mol. The zero-order chi connectivity index (χ0) is 48.5. The van der Waals surface area contributed by atoms with Crippen LogP contribution in [0.15, 0.2) is 156 Å². The summed E-state index contributed by atoms with van der Waals surface area (Å²) in [6.07, 6.45) is 0. The Hall–Kier alpha value is -7.70. The molecule has 0 saturated heterocycles. The lowest BCUT2D eigenvalue weighted by atomic mass is 9.78. The maximum atomic E-state index is 12.7. The van der Waals surface area contributed by atoms with Gasteiger partial charge in [-0.2, -0.15) is 0 Å². The lowest BCUT2D eigenvalue weighted by molar-refractivity contribution is 0.446. The monoisotopic (exact) mass is 914 g/mol. The molecule has 0 saturated carbocycles. The Labute approximate surface area is 408 Å². The first-order valence-corrected chi connectivity index (χ1v) is 24.8. The molecular weight excluding hydrogens is 857 g/mol. The number of imidazole rings is 2. The number of pyridine rings is 1. The smallest absolute Gasteiger partial charge is 0.149 e. The molecule has 6 nitrogen and oxygen atoms in total. The van der Waals surface area contributed by atoms with Gasteiger partial charge in [0.1, 0.15) is 28.4 Å². The van der Waals surface area contributed by atoms with E-state index in [4.69, 9.17) is 14.4 Å². The van der Waals surface area contributed by atoms with Gasteiger partial charge in [-0.1, -0.05) is 166 Å². The quantitative estimate of drug-likeness (QED) is 0.169. The van der Waals surface area contributed by atoms with Crippen molar-refractivity contribution < 1.29 is 9.52 Å². The van der Waals surface area contributed by atoms with E-state index in [0.29, 0.717) is 5.82 Å². The Balaban J connectivity index is 1.20. The highest BCUT2D eigenvalue weighted by atomic mass is 16.3. The molecule has 0 aliphatic carbocycles. The molecule has 0 aliphatic heterocycles. The van der Waals surface area contributed by atoms with Gasteiger partial charge in [0.05, 0.1) is 38.8 Å². The topological polar surface area (TPSA) is 68.5 Å². The van der Waals surface area contributed by atoms with Gasteiger partial charge in [-0.15, -0.1) is 0 Å². The van der Waals surface area contributed by atoms with Crippen LogP contribution in [0.2, 0.25) is 0 Å². The van der Waals surface area contributed by atoms with E-state index in [0.717, 1.165) is 105 Å². The van der Waals surface area contributed by atoms with E-state index in [1.807, 2.05) is 12.1 Å². The van der Waals surface area contributed by atoms with Crippen LogP contribution >= 0.6 is 0 Å². The molecule has 12 aromatic rings. The molecule has 1 N–H and O–H groups in total. The minimum absolute atomic E-state index is 0.168. The second-order valence-electron chi connectivity index (χ2n) is 22.0. The molecule has 0 radical (unpaired) electrons. The van der Waals surface area contributed by atoms with E-state index in [2.05, 4.69) is 218 Å². The second-order valence-corrected chi connectivity index (χ2v) is 22.0. The largest absolute Gasteiger partial charge is 0.507 e. The van der Waals surface area contributed by atoms with Gasteiger partial charge in [-0.05, 0) is 110 Å². The first-order valence-electron chi connectivity index (χ1n) is 24.8. The fourth-order valence-electron chi connectivity index (χ4n) is 11.0. The first kappa shape index (κ1) is 43.6. The number of fused-ring (bicyclic) bond motifs is 12. The van der Waals surface area contributed by atoms with Crippen LogP contribution in [-0.2, 0) is 10.8 Å². The van der Waals surface area contributed by atoms with Crippen molar-refractivity contribution in [3.05, 3.63) is 174 Å². The van der Waals surface area contributed by atoms with Gasteiger partial charge in [0.15, 0.2) is 0 Å². The minimum Gasteiger partial charge on any atom is -0.507 e. The summed E-state index contributed by atoms with van der Waals surface area (Å²) < 4.78 is 11.1. The number of hydrogen-bond donors (Lipinski definition) is 1. The molecule has 0 spiro atoms. The van der Waals surface area contributed by atoms with Crippen molar-refractivity contribution in [1.29, 1.82) is 0 Å². The summed E-state index contributed by atoms with van der Waals surface area (Å²) in [5.74, 6) is 1.31. The molecule has 12 rings (SSSR count). The molecule has 4 aromatic heterocycles. The van der Waals surface area contributed by atoms with E-state index >= 15 is 0 Å². The van der Waals surface area contributed by atoms with Crippen molar-refractivity contribution in [1.82, 2.24) is 18.9 Å². The molecule has 0 unspecified atom stereocenters. The SMILES string of the molecule is CC(C)c1cc(-c2ccccc2)cc(C(C)C)c1-n1c(-c2cc(C(C)(C)C)cc(C(C)(C)C)c2O)nc2c(-c3cccc4c3nc3c5cc6c(cc5c5ccccc5n43)oc3ccccc36)cccc21. The molecule has 0 amide bonds. The van der Waals surface area contributed by atoms with Crippen LogP contribution in [-0.4, -0.2) is 24.0 Å². The number of aromatic nitrogens is 4. The van der Waals surface area contributed by atoms with Crippen LogP contribution in [0.3, 0.4) is 0 Å². The van der Waals surface area contributed by atoms with E-state index in [-0.39, 0.29) is 28.4 Å². The molecule has 4 heterocycles. The zero-order valence-electron chi connectivity index (χ0n) is 41.7. The molecule has 8 aromatic carbocycles. The fraction of sp³-hybridized carbons (Fsp3) is 0.219. The van der Waals surface area contributed by atoms with Gasteiger partial charge in [0, 0.05) is 38.2 Å². The average Bonchev–Trinajstić information content (AvgIpc) is 4.04. The van der Waals surface area contributed by atoms with E-state index < -0.39 is 0 Å². The Morgan fingerprint density at radius 2 is 1.10 bits per heavy atom. The highest BCUT2D eigenvalue weighted by Crippen LogP contribution is 2.48. The predicted octanol–water partition coefficient (Wildman–Crippen LogP) is 17.6. The third-order valence-electron chi connectivity index (χ3n) is 14.6. The van der Waals surface area contributed by atoms with Gasteiger partial charge >= 0.3 is 0 Å². The minimum atomic E-state index is -0.338. The van der Waals surface area contributed by atoms with Crippen molar-refractivity contribution >= 4 is 71.3 Å². The number of rotatable bonds is 6. The van der Waals surface area contributed by atoms with Gasteiger partial charge < -0.3 is 9.52 Å². The van der Waals surface area contributed by atoms with Crippen molar-refractivity contribution in [2.45, 2.75) is 91.9 Å². The van der Waals surface area contributed by atoms with E-state index in [1.54, 1.807) is 0 Å². The van der Waals surface area contributed by atoms with Crippen LogP contribution in [0.25, 0.3) is 111 Å². The third-order valence-corrected chi connectivity index (χ3v) is 14.6. The molecular formula is C64H58N4O2. The number of nitrogens with zero attached hydrogens (tertiary/aromatic N) is 4. The molecule has 0 bridgehead atoms. The number of aromatic hydroxyl groups is 1. The second kappa shape index (κ2) is 15.7. The molecule has 70 heavy (non-hydrogen) atoms. The summed E-state index contributed by atoms with van der Waals surface area (Å²) in [6, 6.07) is 54.3. The van der Waals surface area contributed by atoms with Crippen molar-refractivity contribution in [3.8, 4) is 45.1 Å². The highest BCUT2D eigenvalue weighted by molar-refractivity contribution is 6.20. The van der Waals surface area contributed by atoms with Gasteiger partial charge in [-0.25, -0.2) is 9.97 Å². The maximum absolute atomic E-state index is 12.7. The molecule has 0 aliphatic rings. The van der Waals surface area contributed by atoms with Crippen molar-refractivity contribution in [3.63, 3.8) is 0 Å². The lowest BCUT2D eigenvalue weighted by Crippen LogP contribution is -2.17. The van der Waals surface area contributed by atoms with E-state index in [1.165, 1.54) is 22.3 Å². The highest BCUT2D eigenvalue weighted by Gasteiger charge is 2.31. The summed E-state index contributed by atoms with van der Waals surface area (Å²) in [6.45, 7) is 22.4. The Kier molecular flexibility index (Phi) is 9.75. The van der Waals surface area contributed by atoms with Crippen LogP contribution in [0.4, 0.5) is 0 Å². The molecule has 6 heteroatoms. The number of furan rings is 1. The van der Waals surface area contributed by atoms with Crippen LogP contribution in [0.5, 0.6) is 5.75 Å². The summed E-state index contributed by atoms with van der Waals surface area (Å²) >= 11 is 0. The Bertz CT molecular complexity index is 4060. The molecule has 346 valence electrons. The Morgan fingerprint density at radius 3 is 1.77 bits per heavy atom. The predicted molar refractivity (Wildman–Crippen MR) is 293 cm³/mol. The van der Waals surface area contributed by atoms with E-state index in [9.17, 15) is 5.11 Å². The zero-order valence-corrected chi connectivity index (χ0v) is 41.7. The lowest BCUT2D eigenvalue weighted by Gasteiger charge is -2.28. The number of hydrogen-bond acceptors (Lipinski definition) is 4. The summed E-state index contributed by atoms with van der Waals surface area (Å²) in [5.41, 5.74) is 17.6. The van der Waals surface area contributed by atoms with Crippen molar-refractivity contribution in [2.75, 3.05) is 0 Å². The van der Waals surface area contributed by atoms with Crippen LogP contribution in [0.1, 0.15) is 103 Å². The number of para-hydroxylation sites is 4. The van der Waals surface area contributed by atoms with Crippen LogP contribution < -0.4 is 0 Å². The molecule has 0 fully saturated rings. The fourth-order valence-corrected chi connectivity index (χ4v) is 11.0. The van der Waals surface area contributed by atoms with Gasteiger partial charge in [0.2, 0.25) is 0 Å². The van der Waals surface area contributed by atoms with Gasteiger partial charge in [-0.3, -0.25) is 8.97 Å². The number of phenolic OH excluding ortho intramolecular Hbond substituents is 1. The Morgan fingerprint density at radius 1 is 0.486 bits per heavy atom. The van der Waals surface area contributed by atoms with Gasteiger partial charge in [0.25, 0.3) is 0 Å². The summed E-state index contributed by atoms with van der Waals surface area (Å²) in [5, 5.41) is 18.2. The number of benzene rings is 8. The standard InChI is InChI=1S/C64H58N4O2/c1-36(2)45-30-39(38-20-12-11-13-21-38)31-46(37(3)4)59(45)68-54-28-19-25-44(58(54)66-62(68)50-32-40(63(5,6)7)33-51(60(50)69)64(8,9)10)43-24-18-27-53-57(43)65-61-49-34-48-42-23-15-17-29-55(42)70-56(48)35-47(49)41-22-14-16-26-52(41)67(53)61/h11-37,69H,1-10H3. The van der Waals surface area contributed by atoms with Crippen LogP contribution in [0, 0.1) is 0 Å². The summed E-state index contributed by atoms with van der Waals surface area (Å²) in [7, 11) is 0. The van der Waals surface area contributed by atoms with Crippen molar-refractivity contribution in [2.24, 2.45) is 0 Å².